The first kappa shape index (κ1) is 18.3. The van der Waals surface area contributed by atoms with Gasteiger partial charge in [0.15, 0.2) is 5.82 Å². The summed E-state index contributed by atoms with van der Waals surface area (Å²) in [5.41, 5.74) is 0.825. The Kier molecular flexibility index (Phi) is 5.12. The van der Waals surface area contributed by atoms with Gasteiger partial charge in [0.25, 0.3) is 0 Å². The maximum absolute atomic E-state index is 13.0. The van der Waals surface area contributed by atoms with Crippen molar-refractivity contribution in [2.24, 2.45) is 5.41 Å². The fourth-order valence-corrected chi connectivity index (χ4v) is 3.79. The topological polar surface area (TPSA) is 94.0 Å². The largest absolute Gasteiger partial charge is 0.384 e. The Labute approximate surface area is 162 Å². The van der Waals surface area contributed by atoms with Crippen LogP contribution in [0.15, 0.2) is 18.2 Å². The summed E-state index contributed by atoms with van der Waals surface area (Å²) in [7, 11) is 1.63. The van der Waals surface area contributed by atoms with Crippen LogP contribution in [0.3, 0.4) is 0 Å². The highest BCUT2D eigenvalue weighted by molar-refractivity contribution is 6.32. The Morgan fingerprint density at radius 3 is 2.89 bits per heavy atom. The number of anilines is 1. The van der Waals surface area contributed by atoms with Crippen LogP contribution >= 0.6 is 11.6 Å². The van der Waals surface area contributed by atoms with Crippen LogP contribution in [0.2, 0.25) is 5.02 Å². The molecule has 2 N–H and O–H groups in total. The van der Waals surface area contributed by atoms with Crippen LogP contribution in [0.5, 0.6) is 0 Å². The molecular weight excluding hydrogens is 368 g/mol. The Bertz CT molecular complexity index is 823. The Hall–Kier alpha value is -2.03. The second kappa shape index (κ2) is 7.53. The van der Waals surface area contributed by atoms with Crippen molar-refractivity contribution in [3.8, 4) is 5.69 Å². The molecule has 9 heteroatoms. The van der Waals surface area contributed by atoms with Crippen LogP contribution < -0.4 is 10.6 Å². The third-order valence-electron chi connectivity index (χ3n) is 5.33. The molecule has 0 unspecified atom stereocenters. The molecule has 1 saturated carbocycles. The molecular formula is C18H23ClN6O2. The van der Waals surface area contributed by atoms with Crippen molar-refractivity contribution in [2.75, 3.05) is 32.1 Å². The quantitative estimate of drug-likeness (QED) is 0.784. The number of piperidine rings is 1. The lowest BCUT2D eigenvalue weighted by Gasteiger charge is -2.35. The van der Waals surface area contributed by atoms with E-state index >= 15 is 0 Å². The molecule has 0 spiro atoms. The number of carbonyl (C=O) groups is 1. The summed E-state index contributed by atoms with van der Waals surface area (Å²) in [6, 6.07) is 5.38. The van der Waals surface area contributed by atoms with Crippen molar-refractivity contribution in [1.29, 1.82) is 0 Å². The van der Waals surface area contributed by atoms with Crippen LogP contribution in [0, 0.1) is 5.41 Å². The van der Waals surface area contributed by atoms with Crippen molar-refractivity contribution in [3.05, 3.63) is 29.0 Å². The summed E-state index contributed by atoms with van der Waals surface area (Å²) in [6.45, 7) is 2.01. The highest BCUT2D eigenvalue weighted by Crippen LogP contribution is 2.40. The standard InChI is InChI=1S/C18H23ClN6O2/c1-27-11-18(6-8-20-9-7-18)17(26)21-13-4-5-14(19)15(10-13)25-16(12-2-3-12)22-23-24-25/h4-5,10,12,20H,2-3,6-9,11H2,1H3,(H,21,26). The molecule has 0 atom stereocenters. The predicted octanol–water partition coefficient (Wildman–Crippen LogP) is 2.15. The van der Waals surface area contributed by atoms with E-state index in [1.807, 2.05) is 6.07 Å². The first-order chi connectivity index (χ1) is 13.1. The van der Waals surface area contributed by atoms with Gasteiger partial charge in [0.05, 0.1) is 22.7 Å². The minimum absolute atomic E-state index is 0.0294. The van der Waals surface area contributed by atoms with E-state index in [9.17, 15) is 4.79 Å². The van der Waals surface area contributed by atoms with Crippen molar-refractivity contribution in [1.82, 2.24) is 25.5 Å². The number of hydrogen-bond acceptors (Lipinski definition) is 6. The highest BCUT2D eigenvalue weighted by Gasteiger charge is 2.39. The summed E-state index contributed by atoms with van der Waals surface area (Å²) in [5, 5.41) is 18.9. The van der Waals surface area contributed by atoms with Gasteiger partial charge in [-0.3, -0.25) is 4.79 Å². The Morgan fingerprint density at radius 2 is 2.19 bits per heavy atom. The second-order valence-electron chi connectivity index (χ2n) is 7.31. The maximum atomic E-state index is 13.0. The molecule has 8 nitrogen and oxygen atoms in total. The number of aromatic nitrogens is 4. The summed E-state index contributed by atoms with van der Waals surface area (Å²) in [5.74, 6) is 1.17. The number of tetrazole rings is 1. The van der Waals surface area contributed by atoms with Crippen molar-refractivity contribution in [2.45, 2.75) is 31.6 Å². The van der Waals surface area contributed by atoms with Gasteiger partial charge in [0, 0.05) is 18.7 Å². The average molecular weight is 391 g/mol. The smallest absolute Gasteiger partial charge is 0.233 e. The maximum Gasteiger partial charge on any atom is 0.233 e. The van der Waals surface area contributed by atoms with Gasteiger partial charge in [-0.05, 0) is 67.4 Å². The fourth-order valence-electron chi connectivity index (χ4n) is 3.60. The average Bonchev–Trinajstić information content (AvgIpc) is 3.41. The van der Waals surface area contributed by atoms with E-state index in [1.165, 1.54) is 0 Å². The zero-order chi connectivity index (χ0) is 18.9. The normalized spacial score (nSPS) is 19.0. The first-order valence-corrected chi connectivity index (χ1v) is 9.60. The Morgan fingerprint density at radius 1 is 1.41 bits per heavy atom. The van der Waals surface area contributed by atoms with E-state index in [1.54, 1.807) is 23.9 Å². The van der Waals surface area contributed by atoms with Gasteiger partial charge in [0.1, 0.15) is 0 Å². The predicted molar refractivity (Wildman–Crippen MR) is 101 cm³/mol. The molecule has 1 saturated heterocycles. The monoisotopic (exact) mass is 390 g/mol. The number of amides is 1. The lowest BCUT2D eigenvalue weighted by Crippen LogP contribution is -2.47. The molecule has 0 radical (unpaired) electrons. The number of benzene rings is 1. The van der Waals surface area contributed by atoms with E-state index in [4.69, 9.17) is 16.3 Å². The van der Waals surface area contributed by atoms with Gasteiger partial charge in [-0.2, -0.15) is 4.68 Å². The molecule has 4 rings (SSSR count). The van der Waals surface area contributed by atoms with Gasteiger partial charge in [-0.25, -0.2) is 0 Å². The molecule has 1 aliphatic heterocycles. The van der Waals surface area contributed by atoms with Gasteiger partial charge < -0.3 is 15.4 Å². The number of nitrogens with one attached hydrogen (secondary N) is 2. The van der Waals surface area contributed by atoms with Crippen LogP contribution in [-0.2, 0) is 9.53 Å². The number of halogens is 1. The van der Waals surface area contributed by atoms with E-state index in [2.05, 4.69) is 26.2 Å². The third-order valence-corrected chi connectivity index (χ3v) is 5.65. The van der Waals surface area contributed by atoms with Crippen LogP contribution in [0.25, 0.3) is 5.69 Å². The SMILES string of the molecule is COCC1(C(=O)Nc2ccc(Cl)c(-n3nnnc3C3CC3)c2)CCNCC1. The van der Waals surface area contributed by atoms with Gasteiger partial charge in [-0.15, -0.1) is 5.10 Å². The van der Waals surface area contributed by atoms with Crippen LogP contribution in [-0.4, -0.2) is 52.9 Å². The van der Waals surface area contributed by atoms with E-state index in [0.717, 1.165) is 44.6 Å². The van der Waals surface area contributed by atoms with Crippen molar-refractivity contribution in [3.63, 3.8) is 0 Å². The van der Waals surface area contributed by atoms with Gasteiger partial charge in [0.2, 0.25) is 5.91 Å². The lowest BCUT2D eigenvalue weighted by molar-refractivity contribution is -0.130. The number of hydrogen-bond donors (Lipinski definition) is 2. The number of rotatable bonds is 6. The molecule has 2 aliphatic rings. The van der Waals surface area contributed by atoms with Crippen molar-refractivity contribution < 1.29 is 9.53 Å². The number of methoxy groups -OCH3 is 1. The molecule has 1 amide bonds. The van der Waals surface area contributed by atoms with Crippen LogP contribution in [0.4, 0.5) is 5.69 Å². The summed E-state index contributed by atoms with van der Waals surface area (Å²) >= 11 is 6.39. The zero-order valence-corrected chi connectivity index (χ0v) is 16.0. The van der Waals surface area contributed by atoms with E-state index in [0.29, 0.717) is 28.9 Å². The van der Waals surface area contributed by atoms with Crippen LogP contribution in [0.1, 0.15) is 37.4 Å². The molecule has 2 heterocycles. The third kappa shape index (κ3) is 3.69. The minimum Gasteiger partial charge on any atom is -0.384 e. The molecule has 1 aromatic carbocycles. The zero-order valence-electron chi connectivity index (χ0n) is 15.2. The first-order valence-electron chi connectivity index (χ1n) is 9.22. The number of ether oxygens (including phenoxy) is 1. The fraction of sp³-hybridized carbons (Fsp3) is 0.556. The summed E-state index contributed by atoms with van der Waals surface area (Å²) in [6.07, 6.45) is 3.65. The molecule has 0 bridgehead atoms. The molecule has 2 fully saturated rings. The van der Waals surface area contributed by atoms with E-state index in [-0.39, 0.29) is 5.91 Å². The van der Waals surface area contributed by atoms with Gasteiger partial charge >= 0.3 is 0 Å². The summed E-state index contributed by atoms with van der Waals surface area (Å²) in [4.78, 5) is 13.0. The molecule has 1 aromatic heterocycles. The summed E-state index contributed by atoms with van der Waals surface area (Å²) < 4.78 is 7.03. The minimum atomic E-state index is -0.520. The molecule has 2 aromatic rings. The second-order valence-corrected chi connectivity index (χ2v) is 7.71. The molecule has 144 valence electrons. The van der Waals surface area contributed by atoms with Gasteiger partial charge in [-0.1, -0.05) is 11.6 Å². The Balaban J connectivity index is 1.59. The molecule has 1 aliphatic carbocycles. The lowest BCUT2D eigenvalue weighted by atomic mass is 9.78. The number of nitrogens with zero attached hydrogens (tertiary/aromatic N) is 4. The molecule has 27 heavy (non-hydrogen) atoms. The van der Waals surface area contributed by atoms with Crippen molar-refractivity contribution >= 4 is 23.2 Å². The van der Waals surface area contributed by atoms with E-state index < -0.39 is 5.41 Å². The number of carbonyl (C=O) groups excluding carboxylic acids is 1. The highest BCUT2D eigenvalue weighted by atomic mass is 35.5.